The molecule has 0 heterocycles. The Morgan fingerprint density at radius 3 is 2.40 bits per heavy atom. The van der Waals surface area contributed by atoms with Gasteiger partial charge in [-0.2, -0.15) is 0 Å². The normalized spacial score (nSPS) is 12.1. The summed E-state index contributed by atoms with van der Waals surface area (Å²) in [6, 6.07) is 17.6. The summed E-state index contributed by atoms with van der Waals surface area (Å²) in [5, 5.41) is 12.7. The first-order valence-corrected chi connectivity index (χ1v) is 6.99. The van der Waals surface area contributed by atoms with Crippen LogP contribution in [0.15, 0.2) is 54.6 Å². The predicted octanol–water partition coefficient (Wildman–Crippen LogP) is 3.51. The van der Waals surface area contributed by atoms with E-state index in [2.05, 4.69) is 36.5 Å². The lowest BCUT2D eigenvalue weighted by Crippen LogP contribution is -2.25. The van der Waals surface area contributed by atoms with Crippen LogP contribution in [0.1, 0.15) is 24.9 Å². The second-order valence-electron chi connectivity index (χ2n) is 4.67. The van der Waals surface area contributed by atoms with Gasteiger partial charge in [-0.25, -0.2) is 0 Å². The minimum absolute atomic E-state index is 0.255. The van der Waals surface area contributed by atoms with Crippen molar-refractivity contribution in [2.24, 2.45) is 0 Å². The molecule has 20 heavy (non-hydrogen) atoms. The van der Waals surface area contributed by atoms with Crippen molar-refractivity contribution in [3.05, 3.63) is 60.2 Å². The van der Waals surface area contributed by atoms with Gasteiger partial charge in [0, 0.05) is 12.6 Å². The highest BCUT2D eigenvalue weighted by Gasteiger charge is 2.07. The van der Waals surface area contributed by atoms with E-state index >= 15 is 0 Å². The molecule has 1 atom stereocenters. The van der Waals surface area contributed by atoms with E-state index in [1.807, 2.05) is 6.07 Å². The molecule has 0 aromatic heterocycles. The van der Waals surface area contributed by atoms with Crippen LogP contribution in [0.4, 0.5) is 0 Å². The molecule has 0 fully saturated rings. The molecule has 0 saturated heterocycles. The lowest BCUT2D eigenvalue weighted by atomic mass is 10.1. The lowest BCUT2D eigenvalue weighted by Gasteiger charge is -2.17. The Kier molecular flexibility index (Phi) is 5.44. The first kappa shape index (κ1) is 14.4. The summed E-state index contributed by atoms with van der Waals surface area (Å²) in [4.78, 5) is 0. The molecular weight excluding hydrogens is 250 g/mol. The van der Waals surface area contributed by atoms with Crippen molar-refractivity contribution in [2.45, 2.75) is 19.4 Å². The SMILES string of the molecule is CCC(NCCOc1ccc(O)cc1)c1ccccc1. The van der Waals surface area contributed by atoms with Crippen molar-refractivity contribution in [2.75, 3.05) is 13.2 Å². The van der Waals surface area contributed by atoms with Crippen LogP contribution in [0.25, 0.3) is 0 Å². The number of hydrogen-bond acceptors (Lipinski definition) is 3. The highest BCUT2D eigenvalue weighted by atomic mass is 16.5. The summed E-state index contributed by atoms with van der Waals surface area (Å²) in [6.45, 7) is 3.56. The molecule has 3 nitrogen and oxygen atoms in total. The molecule has 1 unspecified atom stereocenters. The van der Waals surface area contributed by atoms with E-state index in [4.69, 9.17) is 4.74 Å². The molecule has 0 spiro atoms. The van der Waals surface area contributed by atoms with Gasteiger partial charge in [0.15, 0.2) is 0 Å². The van der Waals surface area contributed by atoms with Crippen LogP contribution in [0, 0.1) is 0 Å². The fourth-order valence-corrected chi connectivity index (χ4v) is 2.13. The zero-order valence-corrected chi connectivity index (χ0v) is 11.8. The first-order valence-electron chi connectivity index (χ1n) is 6.99. The van der Waals surface area contributed by atoms with Crippen molar-refractivity contribution in [3.63, 3.8) is 0 Å². The zero-order chi connectivity index (χ0) is 14.2. The van der Waals surface area contributed by atoms with Crippen LogP contribution in [0.5, 0.6) is 11.5 Å². The van der Waals surface area contributed by atoms with Gasteiger partial charge in [-0.3, -0.25) is 0 Å². The first-order chi connectivity index (χ1) is 9.79. The molecule has 0 aliphatic carbocycles. The van der Waals surface area contributed by atoms with Gasteiger partial charge in [0.1, 0.15) is 18.1 Å². The molecular formula is C17H21NO2. The third-order valence-electron chi connectivity index (χ3n) is 3.21. The van der Waals surface area contributed by atoms with Crippen LogP contribution < -0.4 is 10.1 Å². The maximum Gasteiger partial charge on any atom is 0.119 e. The number of nitrogens with one attached hydrogen (secondary N) is 1. The van der Waals surface area contributed by atoms with E-state index in [0.717, 1.165) is 18.7 Å². The van der Waals surface area contributed by atoms with E-state index in [-0.39, 0.29) is 5.75 Å². The van der Waals surface area contributed by atoms with Gasteiger partial charge in [0.05, 0.1) is 0 Å². The number of hydrogen-bond donors (Lipinski definition) is 2. The second kappa shape index (κ2) is 7.56. The monoisotopic (exact) mass is 271 g/mol. The smallest absolute Gasteiger partial charge is 0.119 e. The molecule has 106 valence electrons. The van der Waals surface area contributed by atoms with Gasteiger partial charge < -0.3 is 15.2 Å². The summed E-state index contributed by atoms with van der Waals surface area (Å²) >= 11 is 0. The van der Waals surface area contributed by atoms with E-state index < -0.39 is 0 Å². The molecule has 2 rings (SSSR count). The van der Waals surface area contributed by atoms with Crippen molar-refractivity contribution >= 4 is 0 Å². The van der Waals surface area contributed by atoms with E-state index in [0.29, 0.717) is 12.6 Å². The van der Waals surface area contributed by atoms with Crippen molar-refractivity contribution < 1.29 is 9.84 Å². The summed E-state index contributed by atoms with van der Waals surface area (Å²) in [7, 11) is 0. The fraction of sp³-hybridized carbons (Fsp3) is 0.294. The second-order valence-corrected chi connectivity index (χ2v) is 4.67. The van der Waals surface area contributed by atoms with Crippen LogP contribution >= 0.6 is 0 Å². The molecule has 2 aromatic rings. The summed E-state index contributed by atoms with van der Waals surface area (Å²) in [5.41, 5.74) is 1.31. The standard InChI is InChI=1S/C17H21NO2/c1-2-17(14-6-4-3-5-7-14)18-12-13-20-16-10-8-15(19)9-11-16/h3-11,17-19H,2,12-13H2,1H3. The van der Waals surface area contributed by atoms with Crippen molar-refractivity contribution in [1.29, 1.82) is 0 Å². The Labute approximate surface area is 120 Å². The molecule has 2 aromatic carbocycles. The average Bonchev–Trinajstić information content (AvgIpc) is 2.50. The van der Waals surface area contributed by atoms with Crippen LogP contribution in [-0.2, 0) is 0 Å². The van der Waals surface area contributed by atoms with Crippen LogP contribution in [0.2, 0.25) is 0 Å². The zero-order valence-electron chi connectivity index (χ0n) is 11.8. The third kappa shape index (κ3) is 4.28. The Morgan fingerprint density at radius 1 is 1.05 bits per heavy atom. The minimum atomic E-state index is 0.255. The van der Waals surface area contributed by atoms with E-state index in [9.17, 15) is 5.11 Å². The molecule has 0 radical (unpaired) electrons. The Hall–Kier alpha value is -2.00. The third-order valence-corrected chi connectivity index (χ3v) is 3.21. The van der Waals surface area contributed by atoms with Crippen molar-refractivity contribution in [3.8, 4) is 11.5 Å². The van der Waals surface area contributed by atoms with Gasteiger partial charge in [0.25, 0.3) is 0 Å². The maximum atomic E-state index is 9.19. The summed E-state index contributed by atoms with van der Waals surface area (Å²) < 4.78 is 5.62. The molecule has 0 aliphatic heterocycles. The molecule has 3 heteroatoms. The van der Waals surface area contributed by atoms with Gasteiger partial charge in [0.2, 0.25) is 0 Å². The predicted molar refractivity (Wildman–Crippen MR) is 81.1 cm³/mol. The summed E-state index contributed by atoms with van der Waals surface area (Å²) in [6.07, 6.45) is 1.04. The molecule has 2 N–H and O–H groups in total. The number of phenolic OH excluding ortho intramolecular Hbond substituents is 1. The van der Waals surface area contributed by atoms with Gasteiger partial charge in [-0.1, -0.05) is 37.3 Å². The Balaban J connectivity index is 1.76. The quantitative estimate of drug-likeness (QED) is 0.757. The number of ether oxygens (including phenoxy) is 1. The van der Waals surface area contributed by atoms with Crippen LogP contribution in [0.3, 0.4) is 0 Å². The number of aromatic hydroxyl groups is 1. The van der Waals surface area contributed by atoms with Gasteiger partial charge in [-0.05, 0) is 36.2 Å². The highest BCUT2D eigenvalue weighted by Crippen LogP contribution is 2.17. The molecule has 0 saturated carbocycles. The van der Waals surface area contributed by atoms with Crippen molar-refractivity contribution in [1.82, 2.24) is 5.32 Å². The van der Waals surface area contributed by atoms with E-state index in [1.54, 1.807) is 24.3 Å². The molecule has 0 amide bonds. The lowest BCUT2D eigenvalue weighted by molar-refractivity contribution is 0.304. The van der Waals surface area contributed by atoms with Gasteiger partial charge >= 0.3 is 0 Å². The number of rotatable bonds is 7. The molecule has 0 bridgehead atoms. The summed E-state index contributed by atoms with van der Waals surface area (Å²) in [5.74, 6) is 1.03. The topological polar surface area (TPSA) is 41.5 Å². The maximum absolute atomic E-state index is 9.19. The van der Waals surface area contributed by atoms with Crippen LogP contribution in [-0.4, -0.2) is 18.3 Å². The highest BCUT2D eigenvalue weighted by molar-refractivity contribution is 5.30. The average molecular weight is 271 g/mol. The number of phenols is 1. The Morgan fingerprint density at radius 2 is 1.75 bits per heavy atom. The number of benzene rings is 2. The fourth-order valence-electron chi connectivity index (χ4n) is 2.13. The molecule has 0 aliphatic rings. The van der Waals surface area contributed by atoms with Gasteiger partial charge in [-0.15, -0.1) is 0 Å². The largest absolute Gasteiger partial charge is 0.508 e. The Bertz CT molecular complexity index is 496. The minimum Gasteiger partial charge on any atom is -0.508 e. The van der Waals surface area contributed by atoms with E-state index in [1.165, 1.54) is 5.56 Å².